The second-order valence-corrected chi connectivity index (χ2v) is 4.08. The van der Waals surface area contributed by atoms with Crippen LogP contribution in [-0.4, -0.2) is 13.1 Å². The van der Waals surface area contributed by atoms with Crippen LogP contribution in [-0.2, 0) is 6.42 Å². The zero-order chi connectivity index (χ0) is 9.42. The van der Waals surface area contributed by atoms with E-state index >= 15 is 0 Å². The summed E-state index contributed by atoms with van der Waals surface area (Å²) in [4.78, 5) is 2.20. The van der Waals surface area contributed by atoms with Gasteiger partial charge in [0.05, 0.1) is 4.47 Å². The highest BCUT2D eigenvalue weighted by Gasteiger charge is 2.19. The van der Waals surface area contributed by atoms with Crippen LogP contribution in [0.1, 0.15) is 12.5 Å². The smallest absolute Gasteiger partial charge is 0.139 e. The van der Waals surface area contributed by atoms with Gasteiger partial charge in [0.15, 0.2) is 0 Å². The van der Waals surface area contributed by atoms with Crippen molar-refractivity contribution in [2.75, 3.05) is 18.0 Å². The first-order valence-corrected chi connectivity index (χ1v) is 5.24. The summed E-state index contributed by atoms with van der Waals surface area (Å²) >= 11 is 3.20. The van der Waals surface area contributed by atoms with Gasteiger partial charge in [-0.05, 0) is 47.0 Å². The predicted octanol–water partition coefficient (Wildman–Crippen LogP) is 2.97. The van der Waals surface area contributed by atoms with E-state index in [0.29, 0.717) is 4.47 Å². The average Bonchev–Trinajstić information content (AvgIpc) is 2.48. The number of halogens is 2. The van der Waals surface area contributed by atoms with E-state index in [-0.39, 0.29) is 5.82 Å². The molecule has 0 spiro atoms. The fourth-order valence-electron chi connectivity index (χ4n) is 1.78. The van der Waals surface area contributed by atoms with Gasteiger partial charge in [0.1, 0.15) is 5.82 Å². The number of anilines is 1. The number of hydrogen-bond acceptors (Lipinski definition) is 1. The summed E-state index contributed by atoms with van der Waals surface area (Å²) in [6, 6.07) is 3.51. The number of likely N-dealkylation sites (N-methyl/N-ethyl adjacent to an activating group) is 1. The van der Waals surface area contributed by atoms with Gasteiger partial charge in [-0.2, -0.15) is 0 Å². The molecule has 0 unspecified atom stereocenters. The van der Waals surface area contributed by atoms with Gasteiger partial charge < -0.3 is 4.90 Å². The Balaban J connectivity index is 2.47. The van der Waals surface area contributed by atoms with Crippen LogP contribution in [0, 0.1) is 5.82 Å². The molecule has 0 fully saturated rings. The molecule has 0 atom stereocenters. The van der Waals surface area contributed by atoms with Crippen LogP contribution >= 0.6 is 15.9 Å². The van der Waals surface area contributed by atoms with Crippen LogP contribution in [0.4, 0.5) is 10.1 Å². The summed E-state index contributed by atoms with van der Waals surface area (Å²) in [5.41, 5.74) is 2.30. The summed E-state index contributed by atoms with van der Waals surface area (Å²) in [7, 11) is 0. The van der Waals surface area contributed by atoms with Crippen LogP contribution in [0.25, 0.3) is 0 Å². The molecule has 0 N–H and O–H groups in total. The molecule has 1 aliphatic heterocycles. The van der Waals surface area contributed by atoms with Crippen molar-refractivity contribution in [2.45, 2.75) is 13.3 Å². The Labute approximate surface area is 85.7 Å². The van der Waals surface area contributed by atoms with Gasteiger partial charge in [0.25, 0.3) is 0 Å². The van der Waals surface area contributed by atoms with E-state index in [9.17, 15) is 4.39 Å². The minimum atomic E-state index is -0.167. The summed E-state index contributed by atoms with van der Waals surface area (Å²) in [5.74, 6) is -0.167. The van der Waals surface area contributed by atoms with Gasteiger partial charge in [0.2, 0.25) is 0 Å². The van der Waals surface area contributed by atoms with Gasteiger partial charge in [-0.25, -0.2) is 4.39 Å². The maximum atomic E-state index is 13.2. The molecular weight excluding hydrogens is 233 g/mol. The Morgan fingerprint density at radius 1 is 1.54 bits per heavy atom. The van der Waals surface area contributed by atoms with Crippen LogP contribution in [0.15, 0.2) is 16.6 Å². The fourth-order valence-corrected chi connectivity index (χ4v) is 2.17. The molecule has 0 amide bonds. The van der Waals surface area contributed by atoms with Crippen molar-refractivity contribution < 1.29 is 4.39 Å². The zero-order valence-corrected chi connectivity index (χ0v) is 9.07. The molecule has 1 aromatic rings. The minimum absolute atomic E-state index is 0.167. The molecule has 13 heavy (non-hydrogen) atoms. The Morgan fingerprint density at radius 2 is 2.31 bits per heavy atom. The second-order valence-electron chi connectivity index (χ2n) is 3.22. The van der Waals surface area contributed by atoms with Gasteiger partial charge >= 0.3 is 0 Å². The number of rotatable bonds is 1. The van der Waals surface area contributed by atoms with Gasteiger partial charge in [0, 0.05) is 18.8 Å². The quantitative estimate of drug-likeness (QED) is 0.734. The standard InChI is InChI=1S/C10H11BrFN/c1-2-13-4-3-7-5-8(11)9(12)6-10(7)13/h5-6H,2-4H2,1H3. The number of fused-ring (bicyclic) bond motifs is 1. The summed E-state index contributed by atoms with van der Waals surface area (Å²) in [5, 5.41) is 0. The molecule has 1 aliphatic rings. The van der Waals surface area contributed by atoms with E-state index in [1.165, 1.54) is 5.56 Å². The molecule has 0 bridgehead atoms. The van der Waals surface area contributed by atoms with E-state index in [1.54, 1.807) is 6.07 Å². The van der Waals surface area contributed by atoms with Crippen molar-refractivity contribution in [3.8, 4) is 0 Å². The third-order valence-electron chi connectivity index (χ3n) is 2.50. The summed E-state index contributed by atoms with van der Waals surface area (Å²) in [6.07, 6.45) is 1.03. The molecule has 0 saturated carbocycles. The van der Waals surface area contributed by atoms with Crippen molar-refractivity contribution in [1.29, 1.82) is 0 Å². The molecule has 0 aromatic heterocycles. The first-order chi connectivity index (χ1) is 6.22. The maximum Gasteiger partial charge on any atom is 0.139 e. The van der Waals surface area contributed by atoms with Gasteiger partial charge in [-0.3, -0.25) is 0 Å². The van der Waals surface area contributed by atoms with Crippen LogP contribution in [0.3, 0.4) is 0 Å². The van der Waals surface area contributed by atoms with Crippen molar-refractivity contribution in [3.05, 3.63) is 28.0 Å². The SMILES string of the molecule is CCN1CCc2cc(Br)c(F)cc21. The third kappa shape index (κ3) is 1.46. The first kappa shape index (κ1) is 9.00. The van der Waals surface area contributed by atoms with Crippen molar-refractivity contribution in [3.63, 3.8) is 0 Å². The van der Waals surface area contributed by atoms with E-state index in [2.05, 4.69) is 27.8 Å². The largest absolute Gasteiger partial charge is 0.371 e. The molecule has 70 valence electrons. The Kier molecular flexibility index (Phi) is 2.28. The highest BCUT2D eigenvalue weighted by atomic mass is 79.9. The lowest BCUT2D eigenvalue weighted by Gasteiger charge is -2.16. The van der Waals surface area contributed by atoms with E-state index < -0.39 is 0 Å². The Bertz CT molecular complexity index is 338. The van der Waals surface area contributed by atoms with Crippen LogP contribution in [0.5, 0.6) is 0 Å². The lowest BCUT2D eigenvalue weighted by Crippen LogP contribution is -2.19. The van der Waals surface area contributed by atoms with Crippen molar-refractivity contribution >= 4 is 21.6 Å². The monoisotopic (exact) mass is 243 g/mol. The predicted molar refractivity (Wildman–Crippen MR) is 55.7 cm³/mol. The zero-order valence-electron chi connectivity index (χ0n) is 7.48. The third-order valence-corrected chi connectivity index (χ3v) is 3.10. The Hall–Kier alpha value is -0.570. The number of benzene rings is 1. The molecule has 1 heterocycles. The minimum Gasteiger partial charge on any atom is -0.371 e. The number of nitrogens with zero attached hydrogens (tertiary/aromatic N) is 1. The van der Waals surface area contributed by atoms with Crippen LogP contribution < -0.4 is 4.90 Å². The topological polar surface area (TPSA) is 3.24 Å². The summed E-state index contributed by atoms with van der Waals surface area (Å²) in [6.45, 7) is 4.06. The lowest BCUT2D eigenvalue weighted by molar-refractivity contribution is 0.620. The van der Waals surface area contributed by atoms with E-state index in [4.69, 9.17) is 0 Å². The van der Waals surface area contributed by atoms with E-state index in [1.807, 2.05) is 6.07 Å². The second kappa shape index (κ2) is 3.29. The molecule has 1 aromatic carbocycles. The highest BCUT2D eigenvalue weighted by Crippen LogP contribution is 2.32. The molecular formula is C10H11BrFN. The molecule has 2 rings (SSSR count). The van der Waals surface area contributed by atoms with Gasteiger partial charge in [-0.15, -0.1) is 0 Å². The molecule has 1 nitrogen and oxygen atoms in total. The molecule has 0 saturated heterocycles. The average molecular weight is 244 g/mol. The normalized spacial score (nSPS) is 14.8. The van der Waals surface area contributed by atoms with Crippen molar-refractivity contribution in [1.82, 2.24) is 0 Å². The van der Waals surface area contributed by atoms with E-state index in [0.717, 1.165) is 25.2 Å². The van der Waals surface area contributed by atoms with Crippen LogP contribution in [0.2, 0.25) is 0 Å². The molecule has 0 aliphatic carbocycles. The Morgan fingerprint density at radius 3 is 3.00 bits per heavy atom. The lowest BCUT2D eigenvalue weighted by atomic mass is 10.2. The fraction of sp³-hybridized carbons (Fsp3) is 0.400. The highest BCUT2D eigenvalue weighted by molar-refractivity contribution is 9.10. The maximum absolute atomic E-state index is 13.2. The summed E-state index contributed by atoms with van der Waals surface area (Å²) < 4.78 is 13.8. The van der Waals surface area contributed by atoms with Gasteiger partial charge in [-0.1, -0.05) is 0 Å². The first-order valence-electron chi connectivity index (χ1n) is 4.45. The molecule has 3 heteroatoms. The van der Waals surface area contributed by atoms with Crippen molar-refractivity contribution in [2.24, 2.45) is 0 Å². The number of hydrogen-bond donors (Lipinski definition) is 0. The molecule has 0 radical (unpaired) electrons.